The van der Waals surface area contributed by atoms with E-state index in [0.717, 1.165) is 12.1 Å². The van der Waals surface area contributed by atoms with E-state index in [4.69, 9.17) is 9.26 Å². The van der Waals surface area contributed by atoms with Gasteiger partial charge in [0.1, 0.15) is 5.75 Å². The smallest absolute Gasteiger partial charge is 0.260 e. The molecule has 6 nitrogen and oxygen atoms in total. The number of likely N-dealkylation sites (tertiary alicyclic amines) is 1. The summed E-state index contributed by atoms with van der Waals surface area (Å²) < 4.78 is 37.3. The van der Waals surface area contributed by atoms with E-state index in [0.29, 0.717) is 43.1 Å². The third-order valence-corrected chi connectivity index (χ3v) is 4.92. The Bertz CT molecular complexity index is 986. The van der Waals surface area contributed by atoms with Gasteiger partial charge in [-0.15, -0.1) is 0 Å². The summed E-state index contributed by atoms with van der Waals surface area (Å²) in [4.78, 5) is 18.4. The number of nitrogens with zero attached hydrogens (tertiary/aromatic N) is 3. The van der Waals surface area contributed by atoms with Crippen molar-refractivity contribution < 1.29 is 22.8 Å². The van der Waals surface area contributed by atoms with Gasteiger partial charge in [-0.2, -0.15) is 4.98 Å². The summed E-state index contributed by atoms with van der Waals surface area (Å²) in [5.41, 5.74) is 0.351. The number of halogens is 2. The van der Waals surface area contributed by atoms with Crippen molar-refractivity contribution in [3.63, 3.8) is 0 Å². The summed E-state index contributed by atoms with van der Waals surface area (Å²) >= 11 is 0. The van der Waals surface area contributed by atoms with Gasteiger partial charge in [0.25, 0.3) is 5.91 Å². The molecule has 0 unspecified atom stereocenters. The van der Waals surface area contributed by atoms with Gasteiger partial charge >= 0.3 is 0 Å². The van der Waals surface area contributed by atoms with Crippen molar-refractivity contribution >= 4 is 5.91 Å². The van der Waals surface area contributed by atoms with E-state index >= 15 is 0 Å². The lowest BCUT2D eigenvalue weighted by Crippen LogP contribution is -2.40. The lowest BCUT2D eigenvalue weighted by molar-refractivity contribution is -0.134. The summed E-state index contributed by atoms with van der Waals surface area (Å²) in [6.07, 6.45) is 1.35. The molecule has 1 aliphatic heterocycles. The standard InChI is InChI=1S/C21H19F2N3O3/c22-17-7-6-15(12-18(17)23)20-24-21(29-25-20)14-8-10-26(11-9-14)19(27)13-28-16-4-2-1-3-5-16/h1-7,12,14H,8-11,13H2. The van der Waals surface area contributed by atoms with Gasteiger partial charge in [-0.25, -0.2) is 8.78 Å². The van der Waals surface area contributed by atoms with Crippen molar-refractivity contribution in [1.82, 2.24) is 15.0 Å². The molecule has 0 N–H and O–H groups in total. The predicted molar refractivity (Wildman–Crippen MR) is 100 cm³/mol. The number of hydrogen-bond donors (Lipinski definition) is 0. The number of rotatable bonds is 5. The molecule has 2 aromatic carbocycles. The lowest BCUT2D eigenvalue weighted by atomic mass is 9.97. The molecule has 0 spiro atoms. The minimum absolute atomic E-state index is 0.00445. The van der Waals surface area contributed by atoms with Crippen LogP contribution in [0.25, 0.3) is 11.4 Å². The molecule has 29 heavy (non-hydrogen) atoms. The Morgan fingerprint density at radius 3 is 2.59 bits per heavy atom. The van der Waals surface area contributed by atoms with Crippen LogP contribution < -0.4 is 4.74 Å². The van der Waals surface area contributed by atoms with Crippen LogP contribution in [-0.4, -0.2) is 40.6 Å². The first kappa shape index (κ1) is 19.0. The number of benzene rings is 2. The third kappa shape index (κ3) is 4.42. The van der Waals surface area contributed by atoms with Crippen molar-refractivity contribution in [3.05, 3.63) is 66.1 Å². The van der Waals surface area contributed by atoms with Gasteiger partial charge in [0.15, 0.2) is 18.2 Å². The summed E-state index contributed by atoms with van der Waals surface area (Å²) in [5, 5.41) is 3.87. The summed E-state index contributed by atoms with van der Waals surface area (Å²) in [6, 6.07) is 12.7. The number of ether oxygens (including phenoxy) is 1. The molecule has 0 aliphatic carbocycles. The highest BCUT2D eigenvalue weighted by Gasteiger charge is 2.28. The normalized spacial score (nSPS) is 14.8. The monoisotopic (exact) mass is 399 g/mol. The first-order valence-electron chi connectivity index (χ1n) is 9.35. The van der Waals surface area contributed by atoms with Gasteiger partial charge < -0.3 is 14.2 Å². The fraction of sp³-hybridized carbons (Fsp3) is 0.286. The summed E-state index contributed by atoms with van der Waals surface area (Å²) in [6.45, 7) is 1.12. The van der Waals surface area contributed by atoms with E-state index < -0.39 is 11.6 Å². The Labute approximate surface area is 166 Å². The van der Waals surface area contributed by atoms with Gasteiger partial charge in [0.05, 0.1) is 0 Å². The highest BCUT2D eigenvalue weighted by molar-refractivity contribution is 5.77. The van der Waals surface area contributed by atoms with Crippen molar-refractivity contribution in [2.75, 3.05) is 19.7 Å². The molecule has 0 atom stereocenters. The number of amides is 1. The van der Waals surface area contributed by atoms with Crippen molar-refractivity contribution in [2.24, 2.45) is 0 Å². The molecule has 1 fully saturated rings. The molecule has 3 aromatic rings. The van der Waals surface area contributed by atoms with Gasteiger partial charge in [-0.1, -0.05) is 23.4 Å². The van der Waals surface area contributed by atoms with Crippen LogP contribution in [0.2, 0.25) is 0 Å². The van der Waals surface area contributed by atoms with Crippen molar-refractivity contribution in [1.29, 1.82) is 0 Å². The lowest BCUT2D eigenvalue weighted by Gasteiger charge is -2.30. The van der Waals surface area contributed by atoms with E-state index in [9.17, 15) is 13.6 Å². The van der Waals surface area contributed by atoms with E-state index in [1.165, 1.54) is 6.07 Å². The molecule has 0 bridgehead atoms. The van der Waals surface area contributed by atoms with Gasteiger partial charge in [0.2, 0.25) is 11.7 Å². The fourth-order valence-electron chi connectivity index (χ4n) is 3.28. The number of para-hydroxylation sites is 1. The predicted octanol–water partition coefficient (Wildman–Crippen LogP) is 3.80. The Morgan fingerprint density at radius 2 is 1.86 bits per heavy atom. The first-order valence-corrected chi connectivity index (χ1v) is 9.35. The molecule has 1 amide bonds. The summed E-state index contributed by atoms with van der Waals surface area (Å²) in [5.74, 6) is -0.623. The molecule has 1 saturated heterocycles. The molecule has 4 rings (SSSR count). The average molecular weight is 399 g/mol. The third-order valence-electron chi connectivity index (χ3n) is 4.92. The van der Waals surface area contributed by atoms with Crippen molar-refractivity contribution in [2.45, 2.75) is 18.8 Å². The van der Waals surface area contributed by atoms with Crippen LogP contribution in [0.4, 0.5) is 8.78 Å². The zero-order chi connectivity index (χ0) is 20.2. The molecule has 1 aromatic heterocycles. The minimum Gasteiger partial charge on any atom is -0.484 e. The second-order valence-corrected chi connectivity index (χ2v) is 6.84. The van der Waals surface area contributed by atoms with E-state index in [1.54, 1.807) is 17.0 Å². The second kappa shape index (κ2) is 8.38. The Morgan fingerprint density at radius 1 is 1.10 bits per heavy atom. The number of aromatic nitrogens is 2. The number of carbonyl (C=O) groups excluding carboxylic acids is 1. The zero-order valence-corrected chi connectivity index (χ0v) is 15.6. The van der Waals surface area contributed by atoms with Crippen LogP contribution in [-0.2, 0) is 4.79 Å². The largest absolute Gasteiger partial charge is 0.484 e. The zero-order valence-electron chi connectivity index (χ0n) is 15.6. The van der Waals surface area contributed by atoms with Crippen LogP contribution in [0.15, 0.2) is 53.1 Å². The van der Waals surface area contributed by atoms with Gasteiger partial charge in [-0.3, -0.25) is 4.79 Å². The summed E-state index contributed by atoms with van der Waals surface area (Å²) in [7, 11) is 0. The molecule has 2 heterocycles. The van der Waals surface area contributed by atoms with Crippen LogP contribution in [0.5, 0.6) is 5.75 Å². The topological polar surface area (TPSA) is 68.5 Å². The molecule has 150 valence electrons. The molecular formula is C21H19F2N3O3. The minimum atomic E-state index is -0.960. The maximum absolute atomic E-state index is 13.4. The van der Waals surface area contributed by atoms with E-state index in [2.05, 4.69) is 10.1 Å². The van der Waals surface area contributed by atoms with Crippen LogP contribution >= 0.6 is 0 Å². The van der Waals surface area contributed by atoms with Gasteiger partial charge in [0, 0.05) is 24.6 Å². The van der Waals surface area contributed by atoms with Crippen molar-refractivity contribution in [3.8, 4) is 17.1 Å². The molecular weight excluding hydrogens is 380 g/mol. The van der Waals surface area contributed by atoms with E-state index in [-0.39, 0.29) is 24.3 Å². The van der Waals surface area contributed by atoms with Crippen LogP contribution in [0, 0.1) is 11.6 Å². The van der Waals surface area contributed by atoms with Crippen LogP contribution in [0.1, 0.15) is 24.7 Å². The van der Waals surface area contributed by atoms with Gasteiger partial charge in [-0.05, 0) is 43.2 Å². The van der Waals surface area contributed by atoms with E-state index in [1.807, 2.05) is 18.2 Å². The number of piperidine rings is 1. The Balaban J connectivity index is 1.32. The Kier molecular flexibility index (Phi) is 5.50. The average Bonchev–Trinajstić information content (AvgIpc) is 3.25. The maximum Gasteiger partial charge on any atom is 0.260 e. The highest BCUT2D eigenvalue weighted by atomic mass is 19.2. The highest BCUT2D eigenvalue weighted by Crippen LogP contribution is 2.29. The Hall–Kier alpha value is -3.29. The first-order chi connectivity index (χ1) is 14.1. The van der Waals surface area contributed by atoms with Crippen LogP contribution in [0.3, 0.4) is 0 Å². The SMILES string of the molecule is O=C(COc1ccccc1)N1CCC(c2nc(-c3ccc(F)c(F)c3)no2)CC1. The molecule has 0 radical (unpaired) electrons. The molecule has 0 saturated carbocycles. The molecule has 8 heteroatoms. The molecule has 1 aliphatic rings. The quantitative estimate of drug-likeness (QED) is 0.653. The fourth-order valence-corrected chi connectivity index (χ4v) is 3.28. The maximum atomic E-state index is 13.4. The second-order valence-electron chi connectivity index (χ2n) is 6.84. The number of carbonyl (C=O) groups is 1. The number of hydrogen-bond acceptors (Lipinski definition) is 5.